The Balaban J connectivity index is 2.21. The maximum atomic E-state index is 11.2. The lowest BCUT2D eigenvalue weighted by Gasteiger charge is -2.28. The summed E-state index contributed by atoms with van der Waals surface area (Å²) in [5.74, 6) is 0.00761. The summed E-state index contributed by atoms with van der Waals surface area (Å²) in [5, 5.41) is 12.6. The van der Waals surface area contributed by atoms with Gasteiger partial charge in [0.1, 0.15) is 0 Å². The number of amides is 1. The number of carbonyl (C=O) groups is 1. The molecular weight excluding hydrogens is 258 g/mol. The highest BCUT2D eigenvalue weighted by Crippen LogP contribution is 2.25. The molecule has 1 fully saturated rings. The molecule has 2 rings (SSSR count). The van der Waals surface area contributed by atoms with Crippen molar-refractivity contribution in [3.63, 3.8) is 0 Å². The van der Waals surface area contributed by atoms with E-state index in [-0.39, 0.29) is 11.9 Å². The summed E-state index contributed by atoms with van der Waals surface area (Å²) in [7, 11) is 0. The van der Waals surface area contributed by atoms with Gasteiger partial charge in [-0.25, -0.2) is 0 Å². The van der Waals surface area contributed by atoms with E-state index in [0.717, 1.165) is 10.0 Å². The highest BCUT2D eigenvalue weighted by molar-refractivity contribution is 9.10. The van der Waals surface area contributed by atoms with E-state index in [9.17, 15) is 9.90 Å². The molecule has 3 nitrogen and oxygen atoms in total. The van der Waals surface area contributed by atoms with E-state index in [1.165, 1.54) is 0 Å². The molecule has 1 aromatic rings. The number of halogens is 1. The molecule has 0 radical (unpaired) electrons. The Labute approximate surface area is 96.6 Å². The first-order valence-electron chi connectivity index (χ1n) is 4.90. The monoisotopic (exact) mass is 269 g/mol. The van der Waals surface area contributed by atoms with Crippen LogP contribution >= 0.6 is 15.9 Å². The van der Waals surface area contributed by atoms with Crippen molar-refractivity contribution in [1.82, 2.24) is 5.32 Å². The van der Waals surface area contributed by atoms with E-state index in [1.807, 2.05) is 24.3 Å². The third kappa shape index (κ3) is 2.38. The average molecular weight is 270 g/mol. The molecule has 2 N–H and O–H groups in total. The number of carbonyl (C=O) groups excluding carboxylic acids is 1. The van der Waals surface area contributed by atoms with E-state index >= 15 is 0 Å². The van der Waals surface area contributed by atoms with Crippen molar-refractivity contribution >= 4 is 21.8 Å². The van der Waals surface area contributed by atoms with Crippen molar-refractivity contribution in [3.8, 4) is 0 Å². The molecule has 4 heteroatoms. The van der Waals surface area contributed by atoms with Crippen LogP contribution in [-0.4, -0.2) is 17.1 Å². The Morgan fingerprint density at radius 1 is 1.33 bits per heavy atom. The summed E-state index contributed by atoms with van der Waals surface area (Å²) in [4.78, 5) is 11.2. The molecule has 1 aromatic carbocycles. The molecule has 2 unspecified atom stereocenters. The first-order valence-corrected chi connectivity index (χ1v) is 5.69. The van der Waals surface area contributed by atoms with E-state index in [2.05, 4.69) is 21.2 Å². The predicted molar refractivity (Wildman–Crippen MR) is 60.3 cm³/mol. The van der Waals surface area contributed by atoms with Crippen LogP contribution in [0.3, 0.4) is 0 Å². The highest BCUT2D eigenvalue weighted by atomic mass is 79.9. The minimum Gasteiger partial charge on any atom is -0.391 e. The number of benzene rings is 1. The summed E-state index contributed by atoms with van der Waals surface area (Å²) < 4.78 is 0.989. The minimum atomic E-state index is -0.483. The number of rotatable bonds is 1. The van der Waals surface area contributed by atoms with Gasteiger partial charge < -0.3 is 10.4 Å². The third-order valence-electron chi connectivity index (χ3n) is 2.60. The fourth-order valence-corrected chi connectivity index (χ4v) is 2.03. The molecule has 80 valence electrons. The summed E-state index contributed by atoms with van der Waals surface area (Å²) in [6.07, 6.45) is 0.463. The first-order chi connectivity index (χ1) is 7.16. The summed E-state index contributed by atoms with van der Waals surface area (Å²) in [5.41, 5.74) is 0.943. The molecule has 1 heterocycles. The SMILES string of the molecule is O=C1CCC(O)C(c2ccc(Br)cc2)N1. The second kappa shape index (κ2) is 4.33. The zero-order valence-corrected chi connectivity index (χ0v) is 9.70. The lowest BCUT2D eigenvalue weighted by atomic mass is 9.94. The molecule has 2 atom stereocenters. The molecule has 0 aromatic heterocycles. The van der Waals surface area contributed by atoms with Gasteiger partial charge in [0, 0.05) is 10.9 Å². The second-order valence-corrected chi connectivity index (χ2v) is 4.62. The van der Waals surface area contributed by atoms with Crippen molar-refractivity contribution < 1.29 is 9.90 Å². The van der Waals surface area contributed by atoms with Crippen LogP contribution in [-0.2, 0) is 4.79 Å². The maximum Gasteiger partial charge on any atom is 0.220 e. The quantitative estimate of drug-likeness (QED) is 0.817. The van der Waals surface area contributed by atoms with Crippen LogP contribution in [0.25, 0.3) is 0 Å². The maximum absolute atomic E-state index is 11.2. The molecule has 0 saturated carbocycles. The van der Waals surface area contributed by atoms with Gasteiger partial charge in [0.05, 0.1) is 12.1 Å². The fourth-order valence-electron chi connectivity index (χ4n) is 1.76. The van der Waals surface area contributed by atoms with Crippen LogP contribution in [0.4, 0.5) is 0 Å². The van der Waals surface area contributed by atoms with Gasteiger partial charge in [-0.15, -0.1) is 0 Å². The number of aliphatic hydroxyl groups is 1. The normalized spacial score (nSPS) is 26.1. The Morgan fingerprint density at radius 3 is 2.67 bits per heavy atom. The standard InChI is InChI=1S/C11H12BrNO2/c12-8-3-1-7(2-4-8)11-9(14)5-6-10(15)13-11/h1-4,9,11,14H,5-6H2,(H,13,15). The van der Waals surface area contributed by atoms with Gasteiger partial charge in [-0.1, -0.05) is 28.1 Å². The van der Waals surface area contributed by atoms with Crippen LogP contribution in [0.2, 0.25) is 0 Å². The summed E-state index contributed by atoms with van der Waals surface area (Å²) >= 11 is 3.35. The molecule has 1 aliphatic rings. The van der Waals surface area contributed by atoms with Crippen LogP contribution in [0.5, 0.6) is 0 Å². The van der Waals surface area contributed by atoms with Gasteiger partial charge in [-0.05, 0) is 24.1 Å². The summed E-state index contributed by atoms with van der Waals surface area (Å²) in [6, 6.07) is 7.36. The Morgan fingerprint density at radius 2 is 2.00 bits per heavy atom. The molecule has 0 aliphatic carbocycles. The van der Waals surface area contributed by atoms with Gasteiger partial charge in [-0.2, -0.15) is 0 Å². The van der Waals surface area contributed by atoms with E-state index in [4.69, 9.17) is 0 Å². The van der Waals surface area contributed by atoms with Crippen LogP contribution in [0.1, 0.15) is 24.4 Å². The van der Waals surface area contributed by atoms with Crippen molar-refractivity contribution in [1.29, 1.82) is 0 Å². The number of hydrogen-bond donors (Lipinski definition) is 2. The van der Waals surface area contributed by atoms with Crippen molar-refractivity contribution in [2.75, 3.05) is 0 Å². The van der Waals surface area contributed by atoms with Crippen LogP contribution in [0.15, 0.2) is 28.7 Å². The van der Waals surface area contributed by atoms with Gasteiger partial charge in [0.15, 0.2) is 0 Å². The molecule has 0 bridgehead atoms. The highest BCUT2D eigenvalue weighted by Gasteiger charge is 2.27. The number of aliphatic hydroxyl groups excluding tert-OH is 1. The summed E-state index contributed by atoms with van der Waals surface area (Å²) in [6.45, 7) is 0. The molecule has 1 aliphatic heterocycles. The van der Waals surface area contributed by atoms with Gasteiger partial charge in [0.2, 0.25) is 5.91 Å². The average Bonchev–Trinajstić information content (AvgIpc) is 2.23. The fraction of sp³-hybridized carbons (Fsp3) is 0.364. The smallest absolute Gasteiger partial charge is 0.220 e. The van der Waals surface area contributed by atoms with Crippen LogP contribution < -0.4 is 5.32 Å². The first kappa shape index (κ1) is 10.6. The number of nitrogens with one attached hydrogen (secondary N) is 1. The third-order valence-corrected chi connectivity index (χ3v) is 3.13. The topological polar surface area (TPSA) is 49.3 Å². The largest absolute Gasteiger partial charge is 0.391 e. The van der Waals surface area contributed by atoms with E-state index in [0.29, 0.717) is 12.8 Å². The van der Waals surface area contributed by atoms with Gasteiger partial charge in [0.25, 0.3) is 0 Å². The van der Waals surface area contributed by atoms with E-state index in [1.54, 1.807) is 0 Å². The Hall–Kier alpha value is -0.870. The Kier molecular flexibility index (Phi) is 3.07. The minimum absolute atomic E-state index is 0.00761. The van der Waals surface area contributed by atoms with Crippen molar-refractivity contribution in [2.24, 2.45) is 0 Å². The molecule has 15 heavy (non-hydrogen) atoms. The zero-order chi connectivity index (χ0) is 10.8. The van der Waals surface area contributed by atoms with Crippen molar-refractivity contribution in [2.45, 2.75) is 25.0 Å². The lowest BCUT2D eigenvalue weighted by Crippen LogP contribution is -2.41. The molecule has 1 saturated heterocycles. The molecular formula is C11H12BrNO2. The van der Waals surface area contributed by atoms with Gasteiger partial charge >= 0.3 is 0 Å². The lowest BCUT2D eigenvalue weighted by molar-refractivity contribution is -0.126. The van der Waals surface area contributed by atoms with Crippen molar-refractivity contribution in [3.05, 3.63) is 34.3 Å². The number of piperidine rings is 1. The zero-order valence-electron chi connectivity index (χ0n) is 8.11. The Bertz CT molecular complexity index is 363. The van der Waals surface area contributed by atoms with E-state index < -0.39 is 6.10 Å². The van der Waals surface area contributed by atoms with Crippen LogP contribution in [0, 0.1) is 0 Å². The molecule has 0 spiro atoms. The predicted octanol–water partition coefficient (Wildman–Crippen LogP) is 1.76. The number of hydrogen-bond acceptors (Lipinski definition) is 2. The van der Waals surface area contributed by atoms with Gasteiger partial charge in [-0.3, -0.25) is 4.79 Å². The second-order valence-electron chi connectivity index (χ2n) is 3.70. The molecule has 1 amide bonds.